The average molecular weight is 263 g/mol. The molecule has 19 heavy (non-hydrogen) atoms. The maximum absolute atomic E-state index is 12.0. The van der Waals surface area contributed by atoms with Crippen LogP contribution in [0.2, 0.25) is 0 Å². The van der Waals surface area contributed by atoms with Crippen molar-refractivity contribution < 1.29 is 9.53 Å². The van der Waals surface area contributed by atoms with Crippen LogP contribution < -0.4 is 10.1 Å². The summed E-state index contributed by atoms with van der Waals surface area (Å²) in [5.41, 5.74) is 2.26. The number of aryl methyl sites for hydroxylation is 1. The van der Waals surface area contributed by atoms with Crippen LogP contribution in [0.15, 0.2) is 18.2 Å². The summed E-state index contributed by atoms with van der Waals surface area (Å²) in [7, 11) is 0. The minimum absolute atomic E-state index is 0.0538. The topological polar surface area (TPSA) is 38.3 Å². The SMILES string of the molecule is CCC[C@@H](C)NC(=O)[C@H](C)Oc1cccc(C)c1C. The van der Waals surface area contributed by atoms with E-state index in [0.717, 1.165) is 24.2 Å². The molecular weight excluding hydrogens is 238 g/mol. The molecule has 0 spiro atoms. The molecule has 3 heteroatoms. The van der Waals surface area contributed by atoms with E-state index in [4.69, 9.17) is 4.74 Å². The molecule has 3 nitrogen and oxygen atoms in total. The summed E-state index contributed by atoms with van der Waals surface area (Å²) < 4.78 is 5.75. The van der Waals surface area contributed by atoms with Gasteiger partial charge in [0.1, 0.15) is 5.75 Å². The van der Waals surface area contributed by atoms with Gasteiger partial charge in [-0.25, -0.2) is 0 Å². The second-order valence-corrected chi connectivity index (χ2v) is 5.16. The highest BCUT2D eigenvalue weighted by Gasteiger charge is 2.17. The van der Waals surface area contributed by atoms with Crippen molar-refractivity contribution in [2.45, 2.75) is 59.6 Å². The third kappa shape index (κ3) is 4.58. The molecule has 0 aromatic heterocycles. The third-order valence-electron chi connectivity index (χ3n) is 3.34. The van der Waals surface area contributed by atoms with Crippen LogP contribution in [-0.4, -0.2) is 18.1 Å². The van der Waals surface area contributed by atoms with E-state index in [-0.39, 0.29) is 11.9 Å². The smallest absolute Gasteiger partial charge is 0.260 e. The van der Waals surface area contributed by atoms with Crippen molar-refractivity contribution >= 4 is 5.91 Å². The zero-order chi connectivity index (χ0) is 14.4. The van der Waals surface area contributed by atoms with E-state index in [1.165, 1.54) is 5.56 Å². The summed E-state index contributed by atoms with van der Waals surface area (Å²) in [6, 6.07) is 6.09. The first-order valence-corrected chi connectivity index (χ1v) is 6.99. The molecule has 0 bridgehead atoms. The second kappa shape index (κ2) is 7.17. The molecule has 1 aromatic carbocycles. The average Bonchev–Trinajstić information content (AvgIpc) is 2.35. The Morgan fingerprint density at radius 2 is 2.00 bits per heavy atom. The number of ether oxygens (including phenoxy) is 1. The van der Waals surface area contributed by atoms with Crippen LogP contribution >= 0.6 is 0 Å². The highest BCUT2D eigenvalue weighted by atomic mass is 16.5. The predicted octanol–water partition coefficient (Wildman–Crippen LogP) is 3.38. The van der Waals surface area contributed by atoms with Gasteiger partial charge in [0, 0.05) is 6.04 Å². The van der Waals surface area contributed by atoms with Gasteiger partial charge in [0.2, 0.25) is 0 Å². The Bertz CT molecular complexity index is 429. The van der Waals surface area contributed by atoms with E-state index in [9.17, 15) is 4.79 Å². The van der Waals surface area contributed by atoms with E-state index < -0.39 is 6.10 Å². The van der Waals surface area contributed by atoms with Crippen molar-refractivity contribution in [3.8, 4) is 5.75 Å². The van der Waals surface area contributed by atoms with Gasteiger partial charge in [-0.05, 0) is 51.3 Å². The molecule has 106 valence electrons. The first-order chi connectivity index (χ1) is 8.95. The van der Waals surface area contributed by atoms with Crippen LogP contribution in [0.3, 0.4) is 0 Å². The quantitative estimate of drug-likeness (QED) is 0.854. The number of amides is 1. The molecule has 0 saturated heterocycles. The van der Waals surface area contributed by atoms with Gasteiger partial charge in [-0.15, -0.1) is 0 Å². The Morgan fingerprint density at radius 1 is 1.32 bits per heavy atom. The molecule has 0 unspecified atom stereocenters. The molecule has 0 aliphatic carbocycles. The lowest BCUT2D eigenvalue weighted by Gasteiger charge is -2.19. The van der Waals surface area contributed by atoms with Crippen LogP contribution in [0.5, 0.6) is 5.75 Å². The fourth-order valence-corrected chi connectivity index (χ4v) is 1.96. The summed E-state index contributed by atoms with van der Waals surface area (Å²) in [6.07, 6.45) is 1.58. The van der Waals surface area contributed by atoms with Gasteiger partial charge < -0.3 is 10.1 Å². The standard InChI is InChI=1S/C16H25NO2/c1-6-8-12(3)17-16(18)14(5)19-15-10-7-9-11(2)13(15)4/h7,9-10,12,14H,6,8H2,1-5H3,(H,17,18)/t12-,14+/m1/s1. The first-order valence-electron chi connectivity index (χ1n) is 6.99. The van der Waals surface area contributed by atoms with E-state index in [2.05, 4.69) is 12.2 Å². The highest BCUT2D eigenvalue weighted by molar-refractivity contribution is 5.81. The van der Waals surface area contributed by atoms with Gasteiger partial charge in [0.05, 0.1) is 0 Å². The monoisotopic (exact) mass is 263 g/mol. The van der Waals surface area contributed by atoms with Crippen LogP contribution in [0.4, 0.5) is 0 Å². The van der Waals surface area contributed by atoms with E-state index in [1.54, 1.807) is 6.92 Å². The number of hydrogen-bond acceptors (Lipinski definition) is 2. The second-order valence-electron chi connectivity index (χ2n) is 5.16. The Hall–Kier alpha value is -1.51. The lowest BCUT2D eigenvalue weighted by molar-refractivity contribution is -0.127. The van der Waals surface area contributed by atoms with Crippen molar-refractivity contribution in [3.63, 3.8) is 0 Å². The van der Waals surface area contributed by atoms with Crippen LogP contribution in [0.1, 0.15) is 44.7 Å². The number of benzene rings is 1. The predicted molar refractivity (Wildman–Crippen MR) is 78.5 cm³/mol. The van der Waals surface area contributed by atoms with Crippen LogP contribution in [0, 0.1) is 13.8 Å². The lowest BCUT2D eigenvalue weighted by Crippen LogP contribution is -2.41. The van der Waals surface area contributed by atoms with E-state index in [1.807, 2.05) is 39.0 Å². The van der Waals surface area contributed by atoms with E-state index >= 15 is 0 Å². The van der Waals surface area contributed by atoms with Gasteiger partial charge >= 0.3 is 0 Å². The molecule has 0 aliphatic heterocycles. The van der Waals surface area contributed by atoms with Gasteiger partial charge in [0.25, 0.3) is 5.91 Å². The zero-order valence-corrected chi connectivity index (χ0v) is 12.6. The van der Waals surface area contributed by atoms with Crippen molar-refractivity contribution in [2.24, 2.45) is 0 Å². The normalized spacial score (nSPS) is 13.7. The first kappa shape index (κ1) is 15.5. The molecule has 0 heterocycles. The minimum Gasteiger partial charge on any atom is -0.481 e. The highest BCUT2D eigenvalue weighted by Crippen LogP contribution is 2.21. The summed E-state index contributed by atoms with van der Waals surface area (Å²) in [5.74, 6) is 0.729. The molecule has 2 atom stereocenters. The zero-order valence-electron chi connectivity index (χ0n) is 12.6. The van der Waals surface area contributed by atoms with Crippen molar-refractivity contribution in [1.82, 2.24) is 5.32 Å². The molecule has 1 amide bonds. The molecule has 1 aromatic rings. The minimum atomic E-state index is -0.472. The molecule has 1 N–H and O–H groups in total. The Kier molecular flexibility index (Phi) is 5.87. The van der Waals surface area contributed by atoms with Crippen LogP contribution in [-0.2, 0) is 4.79 Å². The summed E-state index contributed by atoms with van der Waals surface area (Å²) in [6.45, 7) is 9.96. The lowest BCUT2D eigenvalue weighted by atomic mass is 10.1. The summed E-state index contributed by atoms with van der Waals surface area (Å²) >= 11 is 0. The van der Waals surface area contributed by atoms with Gasteiger partial charge in [0.15, 0.2) is 6.10 Å². The number of rotatable bonds is 6. The van der Waals surface area contributed by atoms with Gasteiger partial charge in [-0.3, -0.25) is 4.79 Å². The van der Waals surface area contributed by atoms with Crippen molar-refractivity contribution in [2.75, 3.05) is 0 Å². The van der Waals surface area contributed by atoms with Crippen molar-refractivity contribution in [1.29, 1.82) is 0 Å². The largest absolute Gasteiger partial charge is 0.481 e. The van der Waals surface area contributed by atoms with E-state index in [0.29, 0.717) is 0 Å². The third-order valence-corrected chi connectivity index (χ3v) is 3.34. The number of carbonyl (C=O) groups is 1. The molecular formula is C16H25NO2. The molecule has 0 saturated carbocycles. The Balaban J connectivity index is 2.61. The fraction of sp³-hybridized carbons (Fsp3) is 0.562. The molecule has 0 aliphatic rings. The number of carbonyl (C=O) groups excluding carboxylic acids is 1. The maximum Gasteiger partial charge on any atom is 0.260 e. The molecule has 0 fully saturated rings. The number of nitrogens with one attached hydrogen (secondary N) is 1. The fourth-order valence-electron chi connectivity index (χ4n) is 1.96. The van der Waals surface area contributed by atoms with Crippen molar-refractivity contribution in [3.05, 3.63) is 29.3 Å². The summed E-state index contributed by atoms with van der Waals surface area (Å²) in [4.78, 5) is 12.0. The Labute approximate surface area is 116 Å². The van der Waals surface area contributed by atoms with Gasteiger partial charge in [-0.2, -0.15) is 0 Å². The molecule has 0 radical (unpaired) electrons. The maximum atomic E-state index is 12.0. The summed E-state index contributed by atoms with van der Waals surface area (Å²) in [5, 5.41) is 2.97. The van der Waals surface area contributed by atoms with Crippen LogP contribution in [0.25, 0.3) is 0 Å². The van der Waals surface area contributed by atoms with Gasteiger partial charge in [-0.1, -0.05) is 25.5 Å². The number of hydrogen-bond donors (Lipinski definition) is 1. The molecule has 1 rings (SSSR count). The Morgan fingerprint density at radius 3 is 2.63 bits per heavy atom.